The molecule has 0 fully saturated rings. The van der Waals surface area contributed by atoms with Crippen molar-refractivity contribution in [2.24, 2.45) is 0 Å². The molecular weight excluding hydrogens is 757 g/mol. The highest BCUT2D eigenvalue weighted by Gasteiger charge is 2.13. The van der Waals surface area contributed by atoms with Gasteiger partial charge in [0.2, 0.25) is 0 Å². The van der Waals surface area contributed by atoms with E-state index in [4.69, 9.17) is 0 Å². The molecule has 0 atom stereocenters. The normalized spacial score (nSPS) is 12.5. The summed E-state index contributed by atoms with van der Waals surface area (Å²) < 4.78 is 0. The number of benzene rings is 8. The molecule has 0 amide bonds. The summed E-state index contributed by atoms with van der Waals surface area (Å²) in [5, 5.41) is 0. The number of hydrogen-bond acceptors (Lipinski definition) is 0. The van der Waals surface area contributed by atoms with Crippen molar-refractivity contribution in [3.63, 3.8) is 0 Å². The molecule has 0 unspecified atom stereocenters. The van der Waals surface area contributed by atoms with Crippen molar-refractivity contribution in [2.45, 2.75) is 46.0 Å². The van der Waals surface area contributed by atoms with Crippen molar-refractivity contribution < 1.29 is 0 Å². The van der Waals surface area contributed by atoms with Crippen LogP contribution in [-0.4, -0.2) is 0 Å². The second-order valence-electron chi connectivity index (χ2n) is 16.9. The molecule has 63 heavy (non-hydrogen) atoms. The minimum atomic E-state index is 0.893. The molecule has 306 valence electrons. The number of rotatable bonds is 13. The van der Waals surface area contributed by atoms with E-state index < -0.39 is 0 Å². The van der Waals surface area contributed by atoms with Crippen LogP contribution in [0, 0.1) is 13.8 Å². The Balaban J connectivity index is 0.950. The average molecular weight is 811 g/mol. The molecule has 0 heterocycles. The van der Waals surface area contributed by atoms with Crippen LogP contribution in [0.15, 0.2) is 230 Å². The van der Waals surface area contributed by atoms with Crippen molar-refractivity contribution in [1.82, 2.24) is 0 Å². The van der Waals surface area contributed by atoms with Gasteiger partial charge in [0.05, 0.1) is 0 Å². The monoisotopic (exact) mass is 810 g/mol. The van der Waals surface area contributed by atoms with Crippen molar-refractivity contribution >= 4 is 11.6 Å². The molecule has 0 heteroatoms. The Bertz CT molecular complexity index is 2940. The van der Waals surface area contributed by atoms with Crippen molar-refractivity contribution in [3.05, 3.63) is 286 Å². The molecule has 0 aliphatic heterocycles. The van der Waals surface area contributed by atoms with Crippen molar-refractivity contribution in [3.8, 4) is 33.4 Å². The van der Waals surface area contributed by atoms with Crippen LogP contribution in [0.1, 0.15) is 62.1 Å². The molecule has 8 aromatic rings. The maximum absolute atomic E-state index is 2.41. The van der Waals surface area contributed by atoms with Gasteiger partial charge in [0, 0.05) is 0 Å². The smallest absolute Gasteiger partial charge is 0.00196 e. The van der Waals surface area contributed by atoms with Crippen LogP contribution >= 0.6 is 0 Å². The molecule has 0 aromatic heterocycles. The Kier molecular flexibility index (Phi) is 12.8. The second kappa shape index (κ2) is 19.6. The van der Waals surface area contributed by atoms with Gasteiger partial charge in [0.25, 0.3) is 0 Å². The zero-order valence-corrected chi connectivity index (χ0v) is 36.5. The number of hydrogen-bond donors (Lipinski definition) is 0. The third-order valence-corrected chi connectivity index (χ3v) is 12.5. The molecule has 0 N–H and O–H groups in total. The molecule has 0 saturated heterocycles. The molecule has 0 spiro atoms. The third-order valence-electron chi connectivity index (χ3n) is 12.5. The maximum Gasteiger partial charge on any atom is -0.00196 e. The Morgan fingerprint density at radius 3 is 1.75 bits per heavy atom. The highest BCUT2D eigenvalue weighted by Crippen LogP contribution is 2.35. The summed E-state index contributed by atoms with van der Waals surface area (Å²) in [7, 11) is 0. The fourth-order valence-corrected chi connectivity index (χ4v) is 8.94. The van der Waals surface area contributed by atoms with E-state index in [1.165, 1.54) is 100 Å². The topological polar surface area (TPSA) is 0 Å². The van der Waals surface area contributed by atoms with Gasteiger partial charge in [-0.15, -0.1) is 0 Å². The summed E-state index contributed by atoms with van der Waals surface area (Å²) in [5.74, 6) is 0. The first-order valence-electron chi connectivity index (χ1n) is 22.4. The van der Waals surface area contributed by atoms with E-state index in [-0.39, 0.29) is 0 Å². The SMILES string of the molecule is Cc1ccc(Cc2ccc(-c3ccc(/C(=C\c4ccc(C)c(-c5ccccc5Cc5ccccc5)c4)C4=CCC=CC=C4)cc3)cc2)cc1-c1ccccc1CCc1ccccc1. The lowest BCUT2D eigenvalue weighted by Gasteiger charge is -2.15. The maximum atomic E-state index is 2.41. The van der Waals surface area contributed by atoms with Gasteiger partial charge in [0.1, 0.15) is 0 Å². The van der Waals surface area contributed by atoms with E-state index in [2.05, 4.69) is 244 Å². The van der Waals surface area contributed by atoms with Crippen molar-refractivity contribution in [2.75, 3.05) is 0 Å². The number of aryl methyl sites for hydroxylation is 4. The largest absolute Gasteiger partial charge is 0.0807 e. The molecule has 8 aromatic carbocycles. The molecule has 0 saturated carbocycles. The molecule has 9 rings (SSSR count). The van der Waals surface area contributed by atoms with Crippen LogP contribution in [0.2, 0.25) is 0 Å². The highest BCUT2D eigenvalue weighted by molar-refractivity contribution is 5.94. The zero-order valence-electron chi connectivity index (χ0n) is 36.5. The third kappa shape index (κ3) is 10.1. The summed E-state index contributed by atoms with van der Waals surface area (Å²) in [4.78, 5) is 0. The van der Waals surface area contributed by atoms with E-state index in [0.717, 1.165) is 32.1 Å². The van der Waals surface area contributed by atoms with Crippen LogP contribution < -0.4 is 0 Å². The van der Waals surface area contributed by atoms with E-state index in [0.29, 0.717) is 0 Å². The van der Waals surface area contributed by atoms with Gasteiger partial charge in [-0.3, -0.25) is 0 Å². The molecule has 0 bridgehead atoms. The first-order chi connectivity index (χ1) is 31.0. The summed E-state index contributed by atoms with van der Waals surface area (Å²) in [5.41, 5.74) is 23.2. The van der Waals surface area contributed by atoms with Crippen LogP contribution in [0.3, 0.4) is 0 Å². The van der Waals surface area contributed by atoms with Gasteiger partial charge in [-0.25, -0.2) is 0 Å². The van der Waals surface area contributed by atoms with E-state index >= 15 is 0 Å². The summed E-state index contributed by atoms with van der Waals surface area (Å²) in [6, 6.07) is 71.6. The van der Waals surface area contributed by atoms with Crippen LogP contribution in [0.4, 0.5) is 0 Å². The Hall–Kier alpha value is -7.28. The van der Waals surface area contributed by atoms with E-state index in [1.54, 1.807) is 0 Å². The van der Waals surface area contributed by atoms with Crippen LogP contribution in [0.5, 0.6) is 0 Å². The van der Waals surface area contributed by atoms with Crippen LogP contribution in [-0.2, 0) is 25.7 Å². The summed E-state index contributed by atoms with van der Waals surface area (Å²) in [6.45, 7) is 4.46. The fourth-order valence-electron chi connectivity index (χ4n) is 8.94. The van der Waals surface area contributed by atoms with Gasteiger partial charge in [-0.05, 0) is 158 Å². The minimum absolute atomic E-state index is 0.893. The summed E-state index contributed by atoms with van der Waals surface area (Å²) in [6.07, 6.45) is 18.2. The van der Waals surface area contributed by atoms with E-state index in [1.807, 2.05) is 0 Å². The lowest BCUT2D eigenvalue weighted by Crippen LogP contribution is -1.97. The molecule has 1 aliphatic carbocycles. The minimum Gasteiger partial charge on any atom is -0.0807 e. The first kappa shape index (κ1) is 41.1. The summed E-state index contributed by atoms with van der Waals surface area (Å²) >= 11 is 0. The van der Waals surface area contributed by atoms with Crippen molar-refractivity contribution in [1.29, 1.82) is 0 Å². The Morgan fingerprint density at radius 1 is 0.444 bits per heavy atom. The molecule has 1 aliphatic rings. The Labute approximate surface area is 375 Å². The standard InChI is InChI=1S/C63H54/c1-46-27-29-51(43-61(46)59-25-15-13-23-56(59)36-31-48-17-7-5-8-18-48)41-50-32-34-53(35-33-50)54-37-39-57(40-38-54)63(55-21-11-3-4-12-22-55)45-52-30-28-47(2)62(44-52)60-26-16-14-24-58(60)42-49-19-9-6-10-20-49/h3-11,13-30,32-35,37-40,43-45H,12,31,36,41-42H2,1-2H3/b63-45-. The first-order valence-corrected chi connectivity index (χ1v) is 22.4. The van der Waals surface area contributed by atoms with Gasteiger partial charge in [-0.1, -0.05) is 218 Å². The predicted molar refractivity (Wildman–Crippen MR) is 270 cm³/mol. The second-order valence-corrected chi connectivity index (χ2v) is 16.9. The van der Waals surface area contributed by atoms with Gasteiger partial charge < -0.3 is 0 Å². The van der Waals surface area contributed by atoms with Gasteiger partial charge in [-0.2, -0.15) is 0 Å². The molecular formula is C63H54. The quantitative estimate of drug-likeness (QED) is 0.102. The lowest BCUT2D eigenvalue weighted by atomic mass is 9.89. The highest BCUT2D eigenvalue weighted by atomic mass is 14.2. The van der Waals surface area contributed by atoms with E-state index in [9.17, 15) is 0 Å². The molecule has 0 radical (unpaired) electrons. The number of allylic oxidation sites excluding steroid dienone is 7. The zero-order chi connectivity index (χ0) is 42.8. The van der Waals surface area contributed by atoms with Gasteiger partial charge in [0.15, 0.2) is 0 Å². The fraction of sp³-hybridized carbons (Fsp3) is 0.111. The molecule has 0 nitrogen and oxygen atoms in total. The Morgan fingerprint density at radius 2 is 1.02 bits per heavy atom. The predicted octanol–water partition coefficient (Wildman–Crippen LogP) is 16.3. The lowest BCUT2D eigenvalue weighted by molar-refractivity contribution is 0.962. The van der Waals surface area contributed by atoms with Gasteiger partial charge >= 0.3 is 0 Å². The average Bonchev–Trinajstić information content (AvgIpc) is 3.62. The van der Waals surface area contributed by atoms with Crippen LogP contribution in [0.25, 0.3) is 45.0 Å².